The van der Waals surface area contributed by atoms with Crippen LogP contribution in [0, 0.1) is 17.6 Å². The van der Waals surface area contributed by atoms with Crippen LogP contribution in [0.4, 0.5) is 8.78 Å². The largest absolute Gasteiger partial charge is 0.316 e. The molecule has 19 heavy (non-hydrogen) atoms. The molecule has 1 aromatic carbocycles. The van der Waals surface area contributed by atoms with Gasteiger partial charge < -0.3 is 5.32 Å². The first-order chi connectivity index (χ1) is 9.24. The topological polar surface area (TPSA) is 12.0 Å². The number of benzene rings is 1. The Morgan fingerprint density at radius 3 is 2.53 bits per heavy atom. The molecule has 0 bridgehead atoms. The third-order valence-electron chi connectivity index (χ3n) is 4.11. The van der Waals surface area contributed by atoms with Crippen LogP contribution >= 0.6 is 0 Å². The summed E-state index contributed by atoms with van der Waals surface area (Å²) in [6.45, 7) is 3.97. The second kappa shape index (κ2) is 6.99. The fraction of sp³-hybridized carbons (Fsp3) is 0.625. The Bertz CT molecular complexity index is 385. The van der Waals surface area contributed by atoms with Gasteiger partial charge in [0.25, 0.3) is 0 Å². The lowest BCUT2D eigenvalue weighted by molar-refractivity contribution is 0.284. The van der Waals surface area contributed by atoms with Crippen molar-refractivity contribution in [2.24, 2.45) is 5.92 Å². The second-order valence-corrected chi connectivity index (χ2v) is 5.49. The van der Waals surface area contributed by atoms with E-state index in [1.54, 1.807) is 0 Å². The molecular weight excluding hydrogens is 244 g/mol. The van der Waals surface area contributed by atoms with Gasteiger partial charge >= 0.3 is 0 Å². The maximum Gasteiger partial charge on any atom is 0.129 e. The third-order valence-corrected chi connectivity index (χ3v) is 4.11. The fourth-order valence-electron chi connectivity index (χ4n) is 3.16. The molecule has 0 saturated heterocycles. The number of hydrogen-bond donors (Lipinski definition) is 1. The lowest BCUT2D eigenvalue weighted by Gasteiger charge is -2.32. The maximum absolute atomic E-state index is 13.9. The maximum atomic E-state index is 13.9. The summed E-state index contributed by atoms with van der Waals surface area (Å²) in [6.07, 6.45) is 5.30. The average Bonchev–Trinajstić information content (AvgIpc) is 2.40. The molecule has 0 aliphatic heterocycles. The van der Waals surface area contributed by atoms with Crippen molar-refractivity contribution in [1.29, 1.82) is 0 Å². The molecule has 1 aliphatic carbocycles. The van der Waals surface area contributed by atoms with Gasteiger partial charge in [0.1, 0.15) is 11.6 Å². The van der Waals surface area contributed by atoms with Crippen LogP contribution in [0.2, 0.25) is 0 Å². The van der Waals surface area contributed by atoms with Gasteiger partial charge in [0.05, 0.1) is 0 Å². The number of nitrogens with one attached hydrogen (secondary N) is 1. The van der Waals surface area contributed by atoms with E-state index in [-0.39, 0.29) is 17.6 Å². The van der Waals surface area contributed by atoms with E-state index in [0.29, 0.717) is 11.5 Å². The van der Waals surface area contributed by atoms with E-state index in [0.717, 1.165) is 38.8 Å². The van der Waals surface area contributed by atoms with Crippen LogP contribution in [0.25, 0.3) is 0 Å². The zero-order valence-electron chi connectivity index (χ0n) is 11.6. The highest BCUT2D eigenvalue weighted by Gasteiger charge is 2.30. The van der Waals surface area contributed by atoms with Crippen molar-refractivity contribution in [3.8, 4) is 0 Å². The smallest absolute Gasteiger partial charge is 0.129 e. The van der Waals surface area contributed by atoms with Gasteiger partial charge in [0.15, 0.2) is 0 Å². The summed E-state index contributed by atoms with van der Waals surface area (Å²) >= 11 is 0. The van der Waals surface area contributed by atoms with Crippen molar-refractivity contribution in [2.75, 3.05) is 13.1 Å². The first-order valence-electron chi connectivity index (χ1n) is 7.38. The van der Waals surface area contributed by atoms with Crippen LogP contribution in [0.15, 0.2) is 18.2 Å². The standard InChI is InChI=1S/C16H23F2N/c1-2-10-19-11-12-6-3-4-7-13(12)16-14(17)8-5-9-15(16)18/h5,8-9,12-13,19H,2-4,6-7,10-11H2,1H3. The summed E-state index contributed by atoms with van der Waals surface area (Å²) in [5.41, 5.74) is 0.311. The van der Waals surface area contributed by atoms with E-state index in [1.165, 1.54) is 24.6 Å². The summed E-state index contributed by atoms with van der Waals surface area (Å²) in [5.74, 6) is -0.384. The number of rotatable bonds is 5. The van der Waals surface area contributed by atoms with Gasteiger partial charge in [-0.05, 0) is 56.3 Å². The lowest BCUT2D eigenvalue weighted by Crippen LogP contribution is -2.30. The monoisotopic (exact) mass is 267 g/mol. The summed E-state index contributed by atoms with van der Waals surface area (Å²) < 4.78 is 27.9. The Kier molecular flexibility index (Phi) is 5.32. The Labute approximate surface area is 114 Å². The molecule has 1 fully saturated rings. The highest BCUT2D eigenvalue weighted by Crippen LogP contribution is 2.39. The first kappa shape index (κ1) is 14.4. The molecule has 0 aromatic heterocycles. The zero-order valence-corrected chi connectivity index (χ0v) is 11.6. The molecule has 106 valence electrons. The van der Waals surface area contributed by atoms with Gasteiger partial charge in [-0.3, -0.25) is 0 Å². The van der Waals surface area contributed by atoms with Gasteiger partial charge in [-0.25, -0.2) is 8.78 Å². The quantitative estimate of drug-likeness (QED) is 0.787. The Morgan fingerprint density at radius 1 is 1.16 bits per heavy atom. The van der Waals surface area contributed by atoms with Crippen LogP contribution < -0.4 is 5.32 Å². The van der Waals surface area contributed by atoms with Gasteiger partial charge in [0.2, 0.25) is 0 Å². The fourth-order valence-corrected chi connectivity index (χ4v) is 3.16. The molecule has 2 rings (SSSR count). The van der Waals surface area contributed by atoms with E-state index in [4.69, 9.17) is 0 Å². The van der Waals surface area contributed by atoms with E-state index < -0.39 is 0 Å². The molecule has 2 unspecified atom stereocenters. The van der Waals surface area contributed by atoms with Crippen molar-refractivity contribution >= 4 is 0 Å². The van der Waals surface area contributed by atoms with Crippen LogP contribution in [0.1, 0.15) is 50.5 Å². The van der Waals surface area contributed by atoms with Crippen molar-refractivity contribution in [2.45, 2.75) is 44.9 Å². The predicted octanol–water partition coefficient (Wildman–Crippen LogP) is 4.24. The molecule has 2 atom stereocenters. The van der Waals surface area contributed by atoms with E-state index in [2.05, 4.69) is 12.2 Å². The van der Waals surface area contributed by atoms with Crippen molar-refractivity contribution in [1.82, 2.24) is 5.32 Å². The van der Waals surface area contributed by atoms with Gasteiger partial charge in [-0.15, -0.1) is 0 Å². The van der Waals surface area contributed by atoms with Crippen LogP contribution in [-0.4, -0.2) is 13.1 Å². The van der Waals surface area contributed by atoms with E-state index in [9.17, 15) is 8.78 Å². The minimum atomic E-state index is -0.382. The van der Waals surface area contributed by atoms with Crippen LogP contribution in [-0.2, 0) is 0 Å². The summed E-state index contributed by atoms with van der Waals surface area (Å²) in [7, 11) is 0. The Morgan fingerprint density at radius 2 is 1.84 bits per heavy atom. The average molecular weight is 267 g/mol. The molecule has 0 radical (unpaired) electrons. The van der Waals surface area contributed by atoms with E-state index in [1.807, 2.05) is 0 Å². The molecule has 1 aliphatic rings. The van der Waals surface area contributed by atoms with Crippen molar-refractivity contribution in [3.63, 3.8) is 0 Å². The number of halogens is 2. The molecule has 1 aromatic rings. The molecular formula is C16H23F2N. The molecule has 1 saturated carbocycles. The Balaban J connectivity index is 2.14. The highest BCUT2D eigenvalue weighted by atomic mass is 19.1. The Hall–Kier alpha value is -0.960. The summed E-state index contributed by atoms with van der Waals surface area (Å²) in [5, 5.41) is 3.40. The lowest BCUT2D eigenvalue weighted by atomic mass is 9.75. The molecule has 0 heterocycles. The second-order valence-electron chi connectivity index (χ2n) is 5.49. The summed E-state index contributed by atoms with van der Waals surface area (Å²) in [4.78, 5) is 0. The minimum Gasteiger partial charge on any atom is -0.316 e. The molecule has 0 amide bonds. The molecule has 1 nitrogen and oxygen atoms in total. The first-order valence-corrected chi connectivity index (χ1v) is 7.38. The predicted molar refractivity (Wildman–Crippen MR) is 74.2 cm³/mol. The van der Waals surface area contributed by atoms with Crippen LogP contribution in [0.3, 0.4) is 0 Å². The van der Waals surface area contributed by atoms with E-state index >= 15 is 0 Å². The van der Waals surface area contributed by atoms with Crippen LogP contribution in [0.5, 0.6) is 0 Å². The number of hydrogen-bond acceptors (Lipinski definition) is 1. The SMILES string of the molecule is CCCNCC1CCCCC1c1c(F)cccc1F. The molecule has 1 N–H and O–H groups in total. The highest BCUT2D eigenvalue weighted by molar-refractivity contribution is 5.25. The third kappa shape index (κ3) is 3.53. The molecule has 3 heteroatoms. The zero-order chi connectivity index (χ0) is 13.7. The van der Waals surface area contributed by atoms with Crippen molar-refractivity contribution in [3.05, 3.63) is 35.4 Å². The van der Waals surface area contributed by atoms with Gasteiger partial charge in [-0.1, -0.05) is 25.8 Å². The van der Waals surface area contributed by atoms with Gasteiger partial charge in [-0.2, -0.15) is 0 Å². The minimum absolute atomic E-state index is 0.0271. The van der Waals surface area contributed by atoms with Gasteiger partial charge in [0, 0.05) is 5.56 Å². The molecule has 0 spiro atoms. The normalized spacial score (nSPS) is 23.5. The summed E-state index contributed by atoms with van der Waals surface area (Å²) in [6, 6.07) is 4.20. The van der Waals surface area contributed by atoms with Crippen molar-refractivity contribution < 1.29 is 8.78 Å².